The van der Waals surface area contributed by atoms with Gasteiger partial charge in [-0.05, 0) is 19.1 Å². The summed E-state index contributed by atoms with van der Waals surface area (Å²) in [5, 5.41) is 11.7. The number of methoxy groups -OCH3 is 1. The van der Waals surface area contributed by atoms with E-state index in [9.17, 15) is 9.59 Å². The lowest BCUT2D eigenvalue weighted by atomic mass is 10.2. The molecule has 0 heterocycles. The molecule has 0 saturated carbocycles. The Labute approximate surface area is 123 Å². The maximum Gasteiger partial charge on any atom is 0.339 e. The van der Waals surface area contributed by atoms with Crippen LogP contribution in [0, 0.1) is 0 Å². The lowest BCUT2D eigenvalue weighted by molar-refractivity contribution is 0.0693. The Morgan fingerprint density at radius 1 is 1.38 bits per heavy atom. The molecule has 0 atom stereocenters. The van der Waals surface area contributed by atoms with E-state index in [1.54, 1.807) is 7.05 Å². The number of hydrogen-bond acceptors (Lipinski definition) is 4. The maximum absolute atomic E-state index is 11.9. The van der Waals surface area contributed by atoms with Crippen LogP contribution in [0.15, 0.2) is 18.2 Å². The van der Waals surface area contributed by atoms with Crippen molar-refractivity contribution in [2.24, 2.45) is 0 Å². The van der Waals surface area contributed by atoms with Gasteiger partial charge in [0.15, 0.2) is 0 Å². The summed E-state index contributed by atoms with van der Waals surface area (Å²) >= 11 is 0. The average Bonchev–Trinajstić information content (AvgIpc) is 2.46. The molecule has 1 rings (SSSR count). The van der Waals surface area contributed by atoms with Crippen LogP contribution in [0.2, 0.25) is 0 Å². The highest BCUT2D eigenvalue weighted by molar-refractivity contribution is 5.94. The Balaban J connectivity index is 2.70. The van der Waals surface area contributed by atoms with Crippen LogP contribution in [0.1, 0.15) is 17.3 Å². The summed E-state index contributed by atoms with van der Waals surface area (Å²) in [4.78, 5) is 24.4. The second-order valence-electron chi connectivity index (χ2n) is 4.27. The van der Waals surface area contributed by atoms with Crippen molar-refractivity contribution in [3.05, 3.63) is 23.8 Å². The smallest absolute Gasteiger partial charge is 0.339 e. The number of carboxylic acids is 1. The number of amides is 2. The summed E-state index contributed by atoms with van der Waals surface area (Å²) in [5.41, 5.74) is 0.505. The summed E-state index contributed by atoms with van der Waals surface area (Å²) in [6.45, 7) is 3.41. The fourth-order valence-electron chi connectivity index (χ4n) is 1.61. The van der Waals surface area contributed by atoms with Crippen LogP contribution < -0.4 is 10.1 Å². The molecule has 0 fully saturated rings. The van der Waals surface area contributed by atoms with Crippen molar-refractivity contribution in [3.63, 3.8) is 0 Å². The maximum atomic E-state index is 11.9. The number of aromatic carboxylic acids is 1. The Kier molecular flexibility index (Phi) is 6.48. The monoisotopic (exact) mass is 296 g/mol. The number of nitrogens with one attached hydrogen (secondary N) is 1. The van der Waals surface area contributed by atoms with E-state index in [1.165, 1.54) is 30.2 Å². The highest BCUT2D eigenvalue weighted by Crippen LogP contribution is 2.23. The van der Waals surface area contributed by atoms with Gasteiger partial charge in [0.05, 0.1) is 13.7 Å². The van der Waals surface area contributed by atoms with E-state index in [0.717, 1.165) is 0 Å². The van der Waals surface area contributed by atoms with E-state index in [0.29, 0.717) is 25.4 Å². The van der Waals surface area contributed by atoms with Crippen LogP contribution >= 0.6 is 0 Å². The third-order valence-electron chi connectivity index (χ3n) is 2.81. The van der Waals surface area contributed by atoms with Crippen molar-refractivity contribution < 1.29 is 24.2 Å². The molecule has 0 radical (unpaired) electrons. The van der Waals surface area contributed by atoms with E-state index in [4.69, 9.17) is 14.6 Å². The summed E-state index contributed by atoms with van der Waals surface area (Å²) in [6.07, 6.45) is 0. The number of likely N-dealkylation sites (N-methyl/N-ethyl adjacent to an activating group) is 1. The van der Waals surface area contributed by atoms with Crippen molar-refractivity contribution in [1.29, 1.82) is 0 Å². The van der Waals surface area contributed by atoms with E-state index in [2.05, 4.69) is 5.32 Å². The molecule has 2 N–H and O–H groups in total. The van der Waals surface area contributed by atoms with Crippen LogP contribution in [0.25, 0.3) is 0 Å². The molecule has 0 bridgehead atoms. The van der Waals surface area contributed by atoms with E-state index >= 15 is 0 Å². The Morgan fingerprint density at radius 3 is 2.67 bits per heavy atom. The number of carboxylic acid groups (broad SMARTS) is 1. The lowest BCUT2D eigenvalue weighted by Gasteiger charge is -2.18. The van der Waals surface area contributed by atoms with E-state index < -0.39 is 5.97 Å². The highest BCUT2D eigenvalue weighted by Gasteiger charge is 2.13. The van der Waals surface area contributed by atoms with E-state index in [1.807, 2.05) is 6.92 Å². The Hall–Kier alpha value is -2.28. The molecule has 0 aromatic heterocycles. The third kappa shape index (κ3) is 4.96. The summed E-state index contributed by atoms with van der Waals surface area (Å²) < 4.78 is 10.2. The van der Waals surface area contributed by atoms with Gasteiger partial charge in [-0.15, -0.1) is 0 Å². The van der Waals surface area contributed by atoms with Crippen molar-refractivity contribution in [1.82, 2.24) is 4.90 Å². The number of carbonyl (C=O) groups excluding carboxylic acids is 1. The predicted molar refractivity (Wildman–Crippen MR) is 78.1 cm³/mol. The minimum atomic E-state index is -1.08. The molecule has 1 aromatic rings. The van der Waals surface area contributed by atoms with Gasteiger partial charge in [-0.2, -0.15) is 0 Å². The second-order valence-corrected chi connectivity index (χ2v) is 4.27. The fraction of sp³-hybridized carbons (Fsp3) is 0.429. The van der Waals surface area contributed by atoms with Gasteiger partial charge in [-0.3, -0.25) is 0 Å². The summed E-state index contributed by atoms with van der Waals surface area (Å²) in [7, 11) is 3.03. The molecule has 0 aliphatic carbocycles. The first kappa shape index (κ1) is 16.8. The SMILES string of the molecule is CCOCCN(C)C(=O)Nc1ccc(C(=O)O)c(OC)c1. The van der Waals surface area contributed by atoms with Crippen LogP contribution in [0.5, 0.6) is 5.75 Å². The molecule has 0 spiro atoms. The van der Waals surface area contributed by atoms with Crippen LogP contribution in [-0.4, -0.2) is 55.9 Å². The molecule has 116 valence electrons. The van der Waals surface area contributed by atoms with Crippen molar-refractivity contribution in [2.75, 3.05) is 39.2 Å². The van der Waals surface area contributed by atoms with Crippen LogP contribution in [0.3, 0.4) is 0 Å². The minimum Gasteiger partial charge on any atom is -0.496 e. The molecule has 0 saturated heterocycles. The quantitative estimate of drug-likeness (QED) is 0.750. The van der Waals surface area contributed by atoms with Crippen molar-refractivity contribution in [2.45, 2.75) is 6.92 Å². The number of urea groups is 1. The van der Waals surface area contributed by atoms with Gasteiger partial charge in [0.1, 0.15) is 11.3 Å². The standard InChI is InChI=1S/C14H20N2O5/c1-4-21-8-7-16(2)14(19)15-10-5-6-11(13(17)18)12(9-10)20-3/h5-6,9H,4,7-8H2,1-3H3,(H,15,19)(H,17,18). The number of ether oxygens (including phenoxy) is 2. The van der Waals surface area contributed by atoms with Gasteiger partial charge < -0.3 is 24.8 Å². The topological polar surface area (TPSA) is 88.1 Å². The van der Waals surface area contributed by atoms with Gasteiger partial charge in [0, 0.05) is 32.0 Å². The zero-order chi connectivity index (χ0) is 15.8. The largest absolute Gasteiger partial charge is 0.496 e. The van der Waals surface area contributed by atoms with Gasteiger partial charge in [-0.1, -0.05) is 0 Å². The first-order valence-corrected chi connectivity index (χ1v) is 6.50. The molecule has 7 heteroatoms. The molecule has 0 aliphatic rings. The second kappa shape index (κ2) is 8.11. The molecule has 0 aliphatic heterocycles. The van der Waals surface area contributed by atoms with Gasteiger partial charge in [0.2, 0.25) is 0 Å². The minimum absolute atomic E-state index is 0.0419. The normalized spacial score (nSPS) is 10.0. The molecular formula is C14H20N2O5. The fourth-order valence-corrected chi connectivity index (χ4v) is 1.61. The van der Waals surface area contributed by atoms with Crippen molar-refractivity contribution in [3.8, 4) is 5.75 Å². The third-order valence-corrected chi connectivity index (χ3v) is 2.81. The number of nitrogens with zero attached hydrogens (tertiary/aromatic N) is 1. The van der Waals surface area contributed by atoms with Gasteiger partial charge in [-0.25, -0.2) is 9.59 Å². The number of benzene rings is 1. The Morgan fingerprint density at radius 2 is 2.10 bits per heavy atom. The number of rotatable bonds is 7. The lowest BCUT2D eigenvalue weighted by Crippen LogP contribution is -2.34. The van der Waals surface area contributed by atoms with E-state index in [-0.39, 0.29) is 17.3 Å². The molecule has 21 heavy (non-hydrogen) atoms. The first-order chi connectivity index (χ1) is 9.99. The number of anilines is 1. The zero-order valence-electron chi connectivity index (χ0n) is 12.4. The summed E-state index contributed by atoms with van der Waals surface area (Å²) in [5.74, 6) is -0.893. The zero-order valence-corrected chi connectivity index (χ0v) is 12.4. The Bertz CT molecular complexity index is 504. The van der Waals surface area contributed by atoms with Crippen LogP contribution in [0.4, 0.5) is 10.5 Å². The van der Waals surface area contributed by atoms with Gasteiger partial charge in [0.25, 0.3) is 0 Å². The predicted octanol–water partition coefficient (Wildman–Crippen LogP) is 1.89. The summed E-state index contributed by atoms with van der Waals surface area (Å²) in [6, 6.07) is 4.06. The number of hydrogen-bond donors (Lipinski definition) is 2. The average molecular weight is 296 g/mol. The first-order valence-electron chi connectivity index (χ1n) is 6.50. The van der Waals surface area contributed by atoms with Crippen molar-refractivity contribution >= 4 is 17.7 Å². The van der Waals surface area contributed by atoms with Crippen LogP contribution in [-0.2, 0) is 4.74 Å². The molecule has 7 nitrogen and oxygen atoms in total. The molecule has 2 amide bonds. The number of carbonyl (C=O) groups is 2. The molecular weight excluding hydrogens is 276 g/mol. The molecule has 0 unspecified atom stereocenters. The highest BCUT2D eigenvalue weighted by atomic mass is 16.5. The van der Waals surface area contributed by atoms with Gasteiger partial charge >= 0.3 is 12.0 Å². The molecule has 1 aromatic carbocycles.